The summed E-state index contributed by atoms with van der Waals surface area (Å²) in [6.45, 7) is 4.63. The first-order valence-corrected chi connectivity index (χ1v) is 5.62. The summed E-state index contributed by atoms with van der Waals surface area (Å²) >= 11 is 0. The minimum atomic E-state index is 0.511. The van der Waals surface area contributed by atoms with E-state index in [4.69, 9.17) is 10.5 Å². The Hall–Kier alpha value is -2.04. The fourth-order valence-electron chi connectivity index (χ4n) is 1.46. The lowest BCUT2D eigenvalue weighted by Crippen LogP contribution is -2.04. The Morgan fingerprint density at radius 3 is 2.94 bits per heavy atom. The number of ether oxygens (including phenoxy) is 1. The van der Waals surface area contributed by atoms with Gasteiger partial charge in [0.2, 0.25) is 0 Å². The van der Waals surface area contributed by atoms with Crippen LogP contribution < -0.4 is 10.5 Å². The molecule has 0 bridgehead atoms. The van der Waals surface area contributed by atoms with Crippen molar-refractivity contribution >= 4 is 5.82 Å². The summed E-state index contributed by atoms with van der Waals surface area (Å²) in [5.74, 6) is 1.90. The molecule has 0 aliphatic carbocycles. The zero-order valence-corrected chi connectivity index (χ0v) is 10.1. The standard InChI is InChI=1S/C12H16N4O/c1-3-7-17-10-5-4-6-14-12(10)16-8-9(2)11(13)15-16/h4-6,8H,3,7H2,1-2H3,(H2,13,15). The molecule has 0 saturated carbocycles. The number of hydrogen-bond acceptors (Lipinski definition) is 4. The molecule has 0 spiro atoms. The van der Waals surface area contributed by atoms with E-state index in [1.807, 2.05) is 25.3 Å². The van der Waals surface area contributed by atoms with E-state index in [-0.39, 0.29) is 0 Å². The molecule has 0 atom stereocenters. The molecule has 17 heavy (non-hydrogen) atoms. The lowest BCUT2D eigenvalue weighted by Gasteiger charge is -2.08. The summed E-state index contributed by atoms with van der Waals surface area (Å²) < 4.78 is 7.27. The predicted octanol–water partition coefficient (Wildman–Crippen LogP) is 1.95. The maximum atomic E-state index is 5.73. The number of pyridine rings is 1. The van der Waals surface area contributed by atoms with Gasteiger partial charge in [-0.3, -0.25) is 0 Å². The number of rotatable bonds is 4. The van der Waals surface area contributed by atoms with Gasteiger partial charge >= 0.3 is 0 Å². The van der Waals surface area contributed by atoms with Gasteiger partial charge in [-0.15, -0.1) is 5.10 Å². The van der Waals surface area contributed by atoms with Gasteiger partial charge in [0.15, 0.2) is 11.6 Å². The number of anilines is 1. The monoisotopic (exact) mass is 232 g/mol. The Labute approximate surface area is 100 Å². The molecule has 0 aromatic carbocycles. The Morgan fingerprint density at radius 1 is 1.47 bits per heavy atom. The van der Waals surface area contributed by atoms with Crippen molar-refractivity contribution in [2.24, 2.45) is 0 Å². The van der Waals surface area contributed by atoms with E-state index in [0.717, 1.165) is 17.7 Å². The van der Waals surface area contributed by atoms with Gasteiger partial charge in [-0.25, -0.2) is 9.67 Å². The Kier molecular flexibility index (Phi) is 3.27. The highest BCUT2D eigenvalue weighted by Crippen LogP contribution is 2.21. The number of nitrogens with zero attached hydrogens (tertiary/aromatic N) is 3. The van der Waals surface area contributed by atoms with Crippen LogP contribution in [-0.2, 0) is 0 Å². The molecular weight excluding hydrogens is 216 g/mol. The average Bonchev–Trinajstić information content (AvgIpc) is 2.67. The van der Waals surface area contributed by atoms with Gasteiger partial charge in [0.25, 0.3) is 0 Å². The third-order valence-electron chi connectivity index (χ3n) is 2.36. The SMILES string of the molecule is CCCOc1cccnc1-n1cc(C)c(N)n1. The van der Waals surface area contributed by atoms with Gasteiger partial charge < -0.3 is 10.5 Å². The summed E-state index contributed by atoms with van der Waals surface area (Å²) in [4.78, 5) is 4.28. The number of nitrogen functional groups attached to an aromatic ring is 1. The van der Waals surface area contributed by atoms with Crippen molar-refractivity contribution in [2.75, 3.05) is 12.3 Å². The molecular formula is C12H16N4O. The number of aromatic nitrogens is 3. The third-order valence-corrected chi connectivity index (χ3v) is 2.36. The van der Waals surface area contributed by atoms with Crippen LogP contribution in [0.5, 0.6) is 5.75 Å². The van der Waals surface area contributed by atoms with Crippen LogP contribution in [0.4, 0.5) is 5.82 Å². The Balaban J connectivity index is 2.37. The second-order valence-electron chi connectivity index (χ2n) is 3.82. The molecule has 2 N–H and O–H groups in total. The van der Waals surface area contributed by atoms with Crippen LogP contribution in [0.1, 0.15) is 18.9 Å². The quantitative estimate of drug-likeness (QED) is 0.874. The lowest BCUT2D eigenvalue weighted by atomic mass is 10.4. The van der Waals surface area contributed by atoms with E-state index >= 15 is 0 Å². The van der Waals surface area contributed by atoms with Gasteiger partial charge in [-0.1, -0.05) is 6.92 Å². The van der Waals surface area contributed by atoms with Crippen LogP contribution in [-0.4, -0.2) is 21.4 Å². The Bertz CT molecular complexity index is 487. The zero-order valence-electron chi connectivity index (χ0n) is 10.1. The highest BCUT2D eigenvalue weighted by atomic mass is 16.5. The largest absolute Gasteiger partial charge is 0.490 e. The molecule has 5 nitrogen and oxygen atoms in total. The van der Waals surface area contributed by atoms with Crippen molar-refractivity contribution < 1.29 is 4.74 Å². The summed E-state index contributed by atoms with van der Waals surface area (Å²) in [5, 5.41) is 4.20. The molecule has 2 rings (SSSR count). The first-order chi connectivity index (χ1) is 8.22. The fourth-order valence-corrected chi connectivity index (χ4v) is 1.46. The molecule has 0 unspecified atom stereocenters. The second-order valence-corrected chi connectivity index (χ2v) is 3.82. The van der Waals surface area contributed by atoms with Gasteiger partial charge in [0.05, 0.1) is 6.61 Å². The highest BCUT2D eigenvalue weighted by Gasteiger charge is 2.09. The van der Waals surface area contributed by atoms with Crippen molar-refractivity contribution in [3.05, 3.63) is 30.1 Å². The molecule has 0 amide bonds. The maximum Gasteiger partial charge on any atom is 0.196 e. The topological polar surface area (TPSA) is 66.0 Å². The van der Waals surface area contributed by atoms with Crippen molar-refractivity contribution in [1.29, 1.82) is 0 Å². The zero-order chi connectivity index (χ0) is 12.3. The summed E-state index contributed by atoms with van der Waals surface area (Å²) in [7, 11) is 0. The van der Waals surface area contributed by atoms with Crippen LogP contribution in [0.15, 0.2) is 24.5 Å². The van der Waals surface area contributed by atoms with Crippen molar-refractivity contribution in [2.45, 2.75) is 20.3 Å². The summed E-state index contributed by atoms with van der Waals surface area (Å²) in [5.41, 5.74) is 6.66. The van der Waals surface area contributed by atoms with Crippen molar-refractivity contribution in [3.8, 4) is 11.6 Å². The summed E-state index contributed by atoms with van der Waals surface area (Å²) in [6, 6.07) is 3.72. The van der Waals surface area contributed by atoms with Gasteiger partial charge in [-0.2, -0.15) is 0 Å². The van der Waals surface area contributed by atoms with E-state index < -0.39 is 0 Å². The third kappa shape index (κ3) is 2.38. The molecule has 0 fully saturated rings. The Morgan fingerprint density at radius 2 is 2.29 bits per heavy atom. The second kappa shape index (κ2) is 4.86. The van der Waals surface area contributed by atoms with Crippen LogP contribution in [0.2, 0.25) is 0 Å². The minimum Gasteiger partial charge on any atom is -0.490 e. The molecule has 0 saturated heterocycles. The number of hydrogen-bond donors (Lipinski definition) is 1. The van der Waals surface area contributed by atoms with Gasteiger partial charge in [0, 0.05) is 18.0 Å². The highest BCUT2D eigenvalue weighted by molar-refractivity contribution is 5.44. The van der Waals surface area contributed by atoms with Crippen LogP contribution in [0.25, 0.3) is 5.82 Å². The van der Waals surface area contributed by atoms with Gasteiger partial charge in [0.1, 0.15) is 5.82 Å². The van der Waals surface area contributed by atoms with Crippen LogP contribution in [0.3, 0.4) is 0 Å². The molecule has 0 radical (unpaired) electrons. The summed E-state index contributed by atoms with van der Waals surface area (Å²) in [6.07, 6.45) is 4.51. The molecule has 2 heterocycles. The smallest absolute Gasteiger partial charge is 0.196 e. The van der Waals surface area contributed by atoms with Crippen molar-refractivity contribution in [1.82, 2.24) is 14.8 Å². The first kappa shape index (κ1) is 11.4. The van der Waals surface area contributed by atoms with Crippen LogP contribution in [0, 0.1) is 6.92 Å². The van der Waals surface area contributed by atoms with E-state index in [0.29, 0.717) is 18.2 Å². The predicted molar refractivity (Wildman–Crippen MR) is 66.3 cm³/mol. The first-order valence-electron chi connectivity index (χ1n) is 5.62. The van der Waals surface area contributed by atoms with Gasteiger partial charge in [-0.05, 0) is 25.5 Å². The number of nitrogens with two attached hydrogens (primary N) is 1. The van der Waals surface area contributed by atoms with E-state index in [1.165, 1.54) is 0 Å². The molecule has 2 aromatic rings. The van der Waals surface area contributed by atoms with E-state index in [9.17, 15) is 0 Å². The lowest BCUT2D eigenvalue weighted by molar-refractivity contribution is 0.314. The molecule has 0 aliphatic rings. The van der Waals surface area contributed by atoms with Crippen molar-refractivity contribution in [3.63, 3.8) is 0 Å². The normalized spacial score (nSPS) is 10.5. The molecule has 90 valence electrons. The maximum absolute atomic E-state index is 5.73. The van der Waals surface area contributed by atoms with E-state index in [2.05, 4.69) is 17.0 Å². The fraction of sp³-hybridized carbons (Fsp3) is 0.333. The molecule has 5 heteroatoms. The van der Waals surface area contributed by atoms with Crippen LogP contribution >= 0.6 is 0 Å². The molecule has 2 aromatic heterocycles. The minimum absolute atomic E-state index is 0.511. The number of aryl methyl sites for hydroxylation is 1. The average molecular weight is 232 g/mol. The van der Waals surface area contributed by atoms with E-state index in [1.54, 1.807) is 10.9 Å². The molecule has 0 aliphatic heterocycles.